The third-order valence-corrected chi connectivity index (χ3v) is 2.09. The summed E-state index contributed by atoms with van der Waals surface area (Å²) < 4.78 is 5.40. The predicted molar refractivity (Wildman–Crippen MR) is 59.9 cm³/mol. The fourth-order valence-corrected chi connectivity index (χ4v) is 1.19. The summed E-state index contributed by atoms with van der Waals surface area (Å²) in [5, 5.41) is 0.394. The van der Waals surface area contributed by atoms with E-state index in [0.717, 1.165) is 19.3 Å². The Morgan fingerprint density at radius 1 is 1.53 bits per heavy atom. The number of rotatable bonds is 6. The van der Waals surface area contributed by atoms with Crippen LogP contribution in [0.1, 0.15) is 26.2 Å². The zero-order valence-electron chi connectivity index (χ0n) is 8.66. The summed E-state index contributed by atoms with van der Waals surface area (Å²) >= 11 is 5.85. The second kappa shape index (κ2) is 6.42. The van der Waals surface area contributed by atoms with Crippen LogP contribution in [0.15, 0.2) is 6.20 Å². The van der Waals surface area contributed by atoms with Crippen LogP contribution in [0.25, 0.3) is 0 Å². The average Bonchev–Trinajstić information content (AvgIpc) is 2.26. The highest BCUT2D eigenvalue weighted by molar-refractivity contribution is 6.31. The van der Waals surface area contributed by atoms with Crippen LogP contribution < -0.4 is 16.0 Å². The van der Waals surface area contributed by atoms with E-state index in [1.807, 2.05) is 0 Å². The first-order valence-corrected chi connectivity index (χ1v) is 5.27. The van der Waals surface area contributed by atoms with Crippen LogP contribution in [0.4, 0.5) is 5.95 Å². The molecule has 0 aromatic carbocycles. The number of ether oxygens (including phenoxy) is 1. The molecule has 0 atom stereocenters. The van der Waals surface area contributed by atoms with Crippen LogP contribution in [0, 0.1) is 0 Å². The highest BCUT2D eigenvalue weighted by Gasteiger charge is 2.05. The summed E-state index contributed by atoms with van der Waals surface area (Å²) in [7, 11) is 0. The molecule has 6 heteroatoms. The van der Waals surface area contributed by atoms with Crippen molar-refractivity contribution in [2.75, 3.05) is 12.0 Å². The molecular weight excluding hydrogens is 216 g/mol. The fourth-order valence-electron chi connectivity index (χ4n) is 1.04. The lowest BCUT2D eigenvalue weighted by Crippen LogP contribution is -2.11. The van der Waals surface area contributed by atoms with E-state index in [-0.39, 0.29) is 0 Å². The third kappa shape index (κ3) is 3.89. The Morgan fingerprint density at radius 2 is 2.33 bits per heavy atom. The molecule has 1 aromatic rings. The maximum Gasteiger partial charge on any atom is 0.240 e. The van der Waals surface area contributed by atoms with Crippen LogP contribution in [0.5, 0.6) is 5.88 Å². The Labute approximate surface area is 94.0 Å². The molecule has 0 fully saturated rings. The number of nitrogens with one attached hydrogen (secondary N) is 1. The third-order valence-electron chi connectivity index (χ3n) is 1.83. The minimum atomic E-state index is 0.296. The average molecular weight is 231 g/mol. The van der Waals surface area contributed by atoms with Crippen LogP contribution in [-0.2, 0) is 0 Å². The van der Waals surface area contributed by atoms with Crippen molar-refractivity contribution in [1.82, 2.24) is 9.97 Å². The maximum atomic E-state index is 5.85. The number of aromatic nitrogens is 2. The van der Waals surface area contributed by atoms with E-state index in [2.05, 4.69) is 22.3 Å². The molecule has 0 aliphatic rings. The summed E-state index contributed by atoms with van der Waals surface area (Å²) in [6, 6.07) is 0. The van der Waals surface area contributed by atoms with Gasteiger partial charge in [-0.3, -0.25) is 5.43 Å². The van der Waals surface area contributed by atoms with Gasteiger partial charge in [-0.15, -0.1) is 0 Å². The molecule has 0 amide bonds. The lowest BCUT2D eigenvalue weighted by atomic mass is 10.3. The molecule has 15 heavy (non-hydrogen) atoms. The molecule has 1 rings (SSSR count). The van der Waals surface area contributed by atoms with Gasteiger partial charge < -0.3 is 4.74 Å². The number of hydrazine groups is 1. The van der Waals surface area contributed by atoms with Crippen molar-refractivity contribution in [3.63, 3.8) is 0 Å². The Kier molecular flexibility index (Phi) is 5.14. The highest BCUT2D eigenvalue weighted by atomic mass is 35.5. The maximum absolute atomic E-state index is 5.85. The minimum absolute atomic E-state index is 0.296. The molecule has 0 spiro atoms. The second-order valence-corrected chi connectivity index (χ2v) is 3.45. The topological polar surface area (TPSA) is 73.1 Å². The Hall–Kier alpha value is -1.07. The number of nitrogens with zero attached hydrogens (tertiary/aromatic N) is 2. The summed E-state index contributed by atoms with van der Waals surface area (Å²) in [5.41, 5.74) is 2.34. The standard InChI is InChI=1S/C9H15ClN4O/c1-2-3-4-5-15-8-7(10)6-12-9(13-8)14-11/h6H,2-5,11H2,1H3,(H,12,13,14). The van der Waals surface area contributed by atoms with Crippen molar-refractivity contribution in [1.29, 1.82) is 0 Å². The Bertz CT molecular complexity index is 308. The van der Waals surface area contributed by atoms with Gasteiger partial charge in [0.1, 0.15) is 5.02 Å². The van der Waals surface area contributed by atoms with E-state index in [0.29, 0.717) is 23.5 Å². The van der Waals surface area contributed by atoms with Crippen LogP contribution in [0.3, 0.4) is 0 Å². The van der Waals surface area contributed by atoms with Gasteiger partial charge >= 0.3 is 0 Å². The highest BCUT2D eigenvalue weighted by Crippen LogP contribution is 2.21. The number of halogens is 1. The zero-order chi connectivity index (χ0) is 11.1. The molecule has 0 saturated carbocycles. The molecule has 0 unspecified atom stereocenters. The number of unbranched alkanes of at least 4 members (excludes halogenated alkanes) is 2. The first-order valence-electron chi connectivity index (χ1n) is 4.90. The Balaban J connectivity index is 2.51. The van der Waals surface area contributed by atoms with Crippen molar-refractivity contribution in [2.45, 2.75) is 26.2 Å². The fraction of sp³-hybridized carbons (Fsp3) is 0.556. The van der Waals surface area contributed by atoms with Gasteiger partial charge in [0.25, 0.3) is 0 Å². The van der Waals surface area contributed by atoms with E-state index in [1.54, 1.807) is 0 Å². The van der Waals surface area contributed by atoms with Gasteiger partial charge in [-0.1, -0.05) is 31.4 Å². The first-order chi connectivity index (χ1) is 7.27. The molecule has 0 saturated heterocycles. The lowest BCUT2D eigenvalue weighted by Gasteiger charge is -2.07. The minimum Gasteiger partial charge on any atom is -0.476 e. The van der Waals surface area contributed by atoms with Gasteiger partial charge in [-0.25, -0.2) is 10.8 Å². The van der Waals surface area contributed by atoms with Crippen molar-refractivity contribution in [2.24, 2.45) is 5.84 Å². The van der Waals surface area contributed by atoms with Gasteiger partial charge in [0.05, 0.1) is 12.8 Å². The molecule has 0 aliphatic heterocycles. The summed E-state index contributed by atoms with van der Waals surface area (Å²) in [5.74, 6) is 5.84. The number of hydrogen-bond donors (Lipinski definition) is 2. The molecule has 0 radical (unpaired) electrons. The van der Waals surface area contributed by atoms with Crippen LogP contribution >= 0.6 is 11.6 Å². The molecular formula is C9H15ClN4O. The Morgan fingerprint density at radius 3 is 3.00 bits per heavy atom. The van der Waals surface area contributed by atoms with E-state index >= 15 is 0 Å². The summed E-state index contributed by atoms with van der Waals surface area (Å²) in [4.78, 5) is 7.83. The SMILES string of the molecule is CCCCCOc1nc(NN)ncc1Cl. The zero-order valence-corrected chi connectivity index (χ0v) is 9.42. The number of hydrogen-bond acceptors (Lipinski definition) is 5. The summed E-state index contributed by atoms with van der Waals surface area (Å²) in [6.45, 7) is 2.74. The van der Waals surface area contributed by atoms with Crippen molar-refractivity contribution in [3.8, 4) is 5.88 Å². The van der Waals surface area contributed by atoms with Gasteiger partial charge in [0, 0.05) is 0 Å². The normalized spacial score (nSPS) is 10.1. The van der Waals surface area contributed by atoms with Crippen LogP contribution in [0.2, 0.25) is 5.02 Å². The van der Waals surface area contributed by atoms with Crippen molar-refractivity contribution in [3.05, 3.63) is 11.2 Å². The molecule has 84 valence electrons. The summed E-state index contributed by atoms with van der Waals surface area (Å²) in [6.07, 6.45) is 4.72. The van der Waals surface area contributed by atoms with E-state index in [4.69, 9.17) is 22.2 Å². The smallest absolute Gasteiger partial charge is 0.240 e. The van der Waals surface area contributed by atoms with E-state index in [1.165, 1.54) is 6.20 Å². The molecule has 1 aromatic heterocycles. The first kappa shape index (κ1) is 12.0. The van der Waals surface area contributed by atoms with Crippen LogP contribution in [-0.4, -0.2) is 16.6 Å². The molecule has 3 N–H and O–H groups in total. The van der Waals surface area contributed by atoms with Crippen molar-refractivity contribution < 1.29 is 4.74 Å². The number of nitrogen functional groups attached to an aromatic ring is 1. The monoisotopic (exact) mass is 230 g/mol. The number of nitrogens with two attached hydrogens (primary N) is 1. The van der Waals surface area contributed by atoms with Gasteiger partial charge in [-0.2, -0.15) is 4.98 Å². The largest absolute Gasteiger partial charge is 0.476 e. The van der Waals surface area contributed by atoms with E-state index < -0.39 is 0 Å². The number of anilines is 1. The molecule has 0 bridgehead atoms. The molecule has 5 nitrogen and oxygen atoms in total. The van der Waals surface area contributed by atoms with Gasteiger partial charge in [0.2, 0.25) is 11.8 Å². The quantitative estimate of drug-likeness (QED) is 0.444. The molecule has 1 heterocycles. The van der Waals surface area contributed by atoms with Gasteiger partial charge in [0.15, 0.2) is 0 Å². The lowest BCUT2D eigenvalue weighted by molar-refractivity contribution is 0.295. The van der Waals surface area contributed by atoms with Crippen molar-refractivity contribution >= 4 is 17.5 Å². The molecule has 0 aliphatic carbocycles. The predicted octanol–water partition coefficient (Wildman–Crippen LogP) is 1.98. The van der Waals surface area contributed by atoms with E-state index in [9.17, 15) is 0 Å². The second-order valence-electron chi connectivity index (χ2n) is 3.05. The van der Waals surface area contributed by atoms with Gasteiger partial charge in [-0.05, 0) is 6.42 Å².